The van der Waals surface area contributed by atoms with E-state index in [1.54, 1.807) is 29.2 Å². The number of nitrogens with one attached hydrogen (secondary N) is 1. The zero-order valence-corrected chi connectivity index (χ0v) is 10.5. The molecule has 1 saturated heterocycles. The Morgan fingerprint density at radius 3 is 2.67 bits per heavy atom. The number of halogens is 1. The predicted molar refractivity (Wildman–Crippen MR) is 68.5 cm³/mol. The number of nitrogens with zero attached hydrogens (tertiary/aromatic N) is 1. The molecular weight excluding hydrogens is 256 g/mol. The van der Waals surface area contributed by atoms with Crippen molar-refractivity contribution in [2.45, 2.75) is 12.2 Å². The van der Waals surface area contributed by atoms with E-state index < -0.39 is 12.2 Å². The van der Waals surface area contributed by atoms with Crippen molar-refractivity contribution < 1.29 is 15.0 Å². The van der Waals surface area contributed by atoms with Gasteiger partial charge in [-0.15, -0.1) is 0 Å². The smallest absolute Gasteiger partial charge is 0.238 e. The van der Waals surface area contributed by atoms with Gasteiger partial charge in [0.2, 0.25) is 5.91 Å². The van der Waals surface area contributed by atoms with Gasteiger partial charge in [0.25, 0.3) is 0 Å². The average Bonchev–Trinajstić information content (AvgIpc) is 2.57. The third-order valence-corrected chi connectivity index (χ3v) is 3.05. The molecule has 1 amide bonds. The van der Waals surface area contributed by atoms with Crippen molar-refractivity contribution in [3.8, 4) is 0 Å². The summed E-state index contributed by atoms with van der Waals surface area (Å²) < 4.78 is 0. The summed E-state index contributed by atoms with van der Waals surface area (Å²) in [5, 5.41) is 22.0. The van der Waals surface area contributed by atoms with E-state index >= 15 is 0 Å². The van der Waals surface area contributed by atoms with Gasteiger partial charge >= 0.3 is 0 Å². The van der Waals surface area contributed by atoms with Crippen LogP contribution in [0.4, 0.5) is 5.69 Å². The van der Waals surface area contributed by atoms with Crippen molar-refractivity contribution in [3.05, 3.63) is 29.3 Å². The Kier molecular flexibility index (Phi) is 4.19. The fourth-order valence-corrected chi connectivity index (χ4v) is 2.14. The number of rotatable bonds is 3. The lowest BCUT2D eigenvalue weighted by Crippen LogP contribution is -2.32. The van der Waals surface area contributed by atoms with E-state index in [1.807, 2.05) is 0 Å². The Balaban J connectivity index is 1.86. The minimum absolute atomic E-state index is 0.140. The predicted octanol–water partition coefficient (Wildman–Crippen LogP) is 0.316. The zero-order chi connectivity index (χ0) is 13.1. The molecule has 2 rings (SSSR count). The second-order valence-corrected chi connectivity index (χ2v) is 4.82. The minimum atomic E-state index is -0.774. The number of amides is 1. The fourth-order valence-electron chi connectivity index (χ4n) is 1.95. The maximum atomic E-state index is 11.7. The molecule has 0 aliphatic carbocycles. The molecule has 18 heavy (non-hydrogen) atoms. The third kappa shape index (κ3) is 3.43. The van der Waals surface area contributed by atoms with Crippen molar-refractivity contribution in [2.24, 2.45) is 0 Å². The summed E-state index contributed by atoms with van der Waals surface area (Å²) in [6.07, 6.45) is -1.55. The number of anilines is 1. The van der Waals surface area contributed by atoms with Crippen LogP contribution in [0.15, 0.2) is 24.3 Å². The molecule has 1 aliphatic heterocycles. The Hall–Kier alpha value is -1.14. The molecule has 1 fully saturated rings. The van der Waals surface area contributed by atoms with Crippen LogP contribution in [0.2, 0.25) is 5.02 Å². The van der Waals surface area contributed by atoms with Gasteiger partial charge in [-0.05, 0) is 18.2 Å². The first kappa shape index (κ1) is 13.3. The standard InChI is InChI=1S/C12H15ClN2O3/c13-8-2-1-3-9(4-8)14-12(18)7-15-5-10(16)11(17)6-15/h1-4,10-11,16-17H,5-7H2,(H,14,18)/t10-,11+. The Morgan fingerprint density at radius 2 is 2.06 bits per heavy atom. The number of β-amino-alcohol motifs (C(OH)–C–C–N with tert-alkyl or cyclic N) is 2. The molecule has 2 atom stereocenters. The molecule has 0 spiro atoms. The number of aliphatic hydroxyl groups is 2. The first-order valence-corrected chi connectivity index (χ1v) is 6.06. The maximum absolute atomic E-state index is 11.7. The average molecular weight is 271 g/mol. The lowest BCUT2D eigenvalue weighted by molar-refractivity contribution is -0.117. The van der Waals surface area contributed by atoms with Crippen molar-refractivity contribution in [3.63, 3.8) is 0 Å². The summed E-state index contributed by atoms with van der Waals surface area (Å²) in [7, 11) is 0. The molecule has 6 heteroatoms. The number of hydrogen-bond acceptors (Lipinski definition) is 4. The van der Waals surface area contributed by atoms with E-state index in [0.29, 0.717) is 23.8 Å². The van der Waals surface area contributed by atoms with Gasteiger partial charge in [0, 0.05) is 23.8 Å². The molecule has 0 aromatic heterocycles. The van der Waals surface area contributed by atoms with Crippen LogP contribution in [-0.4, -0.2) is 52.9 Å². The lowest BCUT2D eigenvalue weighted by Gasteiger charge is -2.14. The molecule has 1 aliphatic rings. The first-order valence-electron chi connectivity index (χ1n) is 5.68. The molecule has 0 bridgehead atoms. The van der Waals surface area contributed by atoms with E-state index in [2.05, 4.69) is 5.32 Å². The molecule has 3 N–H and O–H groups in total. The molecule has 1 heterocycles. The van der Waals surface area contributed by atoms with Crippen LogP contribution >= 0.6 is 11.6 Å². The number of carbonyl (C=O) groups excluding carboxylic acids is 1. The number of carbonyl (C=O) groups is 1. The van der Waals surface area contributed by atoms with Gasteiger partial charge in [-0.25, -0.2) is 0 Å². The fraction of sp³-hybridized carbons (Fsp3) is 0.417. The summed E-state index contributed by atoms with van der Waals surface area (Å²) >= 11 is 5.81. The van der Waals surface area contributed by atoms with Crippen LogP contribution in [0.1, 0.15) is 0 Å². The maximum Gasteiger partial charge on any atom is 0.238 e. The highest BCUT2D eigenvalue weighted by Gasteiger charge is 2.30. The van der Waals surface area contributed by atoms with Crippen LogP contribution in [0.5, 0.6) is 0 Å². The van der Waals surface area contributed by atoms with Crippen LogP contribution in [0.3, 0.4) is 0 Å². The second-order valence-electron chi connectivity index (χ2n) is 4.39. The van der Waals surface area contributed by atoms with Gasteiger partial charge in [-0.2, -0.15) is 0 Å². The molecule has 0 unspecified atom stereocenters. The highest BCUT2D eigenvalue weighted by Crippen LogP contribution is 2.15. The van der Waals surface area contributed by atoms with E-state index in [1.165, 1.54) is 0 Å². The number of aliphatic hydroxyl groups excluding tert-OH is 2. The van der Waals surface area contributed by atoms with Crippen LogP contribution in [0, 0.1) is 0 Å². The van der Waals surface area contributed by atoms with Gasteiger partial charge in [0.05, 0.1) is 18.8 Å². The van der Waals surface area contributed by atoms with E-state index in [0.717, 1.165) is 0 Å². The zero-order valence-electron chi connectivity index (χ0n) is 9.71. The number of benzene rings is 1. The molecule has 0 radical (unpaired) electrons. The summed E-state index contributed by atoms with van der Waals surface area (Å²) in [6.45, 7) is 0.759. The second kappa shape index (κ2) is 5.67. The van der Waals surface area contributed by atoms with Gasteiger partial charge < -0.3 is 15.5 Å². The monoisotopic (exact) mass is 270 g/mol. The summed E-state index contributed by atoms with van der Waals surface area (Å²) in [5.41, 5.74) is 0.632. The molecule has 98 valence electrons. The number of likely N-dealkylation sites (tertiary alicyclic amines) is 1. The summed E-state index contributed by atoms with van der Waals surface area (Å²) in [5.74, 6) is -0.196. The summed E-state index contributed by atoms with van der Waals surface area (Å²) in [6, 6.07) is 6.89. The van der Waals surface area contributed by atoms with Gasteiger partial charge in [0.1, 0.15) is 0 Å². The first-order chi connectivity index (χ1) is 8.54. The van der Waals surface area contributed by atoms with Gasteiger partial charge in [-0.3, -0.25) is 9.69 Å². The minimum Gasteiger partial charge on any atom is -0.389 e. The molecular formula is C12H15ClN2O3. The van der Waals surface area contributed by atoms with Crippen molar-refractivity contribution in [2.75, 3.05) is 25.0 Å². The Morgan fingerprint density at radius 1 is 1.39 bits per heavy atom. The lowest BCUT2D eigenvalue weighted by atomic mass is 10.3. The summed E-state index contributed by atoms with van der Waals surface area (Å²) in [4.78, 5) is 13.4. The largest absolute Gasteiger partial charge is 0.389 e. The van der Waals surface area contributed by atoms with Gasteiger partial charge in [0.15, 0.2) is 0 Å². The molecule has 5 nitrogen and oxygen atoms in total. The Labute approximate surface area is 110 Å². The van der Waals surface area contributed by atoms with Gasteiger partial charge in [-0.1, -0.05) is 17.7 Å². The molecule has 1 aromatic rings. The topological polar surface area (TPSA) is 72.8 Å². The molecule has 1 aromatic carbocycles. The van der Waals surface area contributed by atoms with E-state index in [4.69, 9.17) is 11.6 Å². The Bertz CT molecular complexity index is 431. The molecule has 0 saturated carbocycles. The highest BCUT2D eigenvalue weighted by molar-refractivity contribution is 6.30. The van der Waals surface area contributed by atoms with Crippen LogP contribution in [-0.2, 0) is 4.79 Å². The van der Waals surface area contributed by atoms with Crippen LogP contribution < -0.4 is 5.32 Å². The number of hydrogen-bond donors (Lipinski definition) is 3. The van der Waals surface area contributed by atoms with E-state index in [-0.39, 0.29) is 12.5 Å². The van der Waals surface area contributed by atoms with E-state index in [9.17, 15) is 15.0 Å². The normalized spacial score (nSPS) is 24.2. The van der Waals surface area contributed by atoms with Crippen LogP contribution in [0.25, 0.3) is 0 Å². The van der Waals surface area contributed by atoms with Crippen molar-refractivity contribution >= 4 is 23.2 Å². The highest BCUT2D eigenvalue weighted by atomic mass is 35.5. The van der Waals surface area contributed by atoms with Crippen molar-refractivity contribution in [1.29, 1.82) is 0 Å². The quantitative estimate of drug-likeness (QED) is 0.739. The van der Waals surface area contributed by atoms with Crippen molar-refractivity contribution in [1.82, 2.24) is 4.90 Å². The third-order valence-electron chi connectivity index (χ3n) is 2.81. The SMILES string of the molecule is O=C(CN1C[C@@H](O)[C@@H](O)C1)Nc1cccc(Cl)c1.